The van der Waals surface area contributed by atoms with Crippen molar-refractivity contribution in [2.75, 3.05) is 20.8 Å². The largest absolute Gasteiger partial charge is 0.478 e. The number of ether oxygens (including phenoxy) is 1. The van der Waals surface area contributed by atoms with Crippen molar-refractivity contribution in [2.45, 2.75) is 19.5 Å². The summed E-state index contributed by atoms with van der Waals surface area (Å²) in [5.74, 6) is -1.62. The number of rotatable bonds is 6. The van der Waals surface area contributed by atoms with Crippen molar-refractivity contribution in [3.63, 3.8) is 0 Å². The third kappa shape index (κ3) is 3.78. The fraction of sp³-hybridized carbons (Fsp3) is 0.462. The first-order valence-electron chi connectivity index (χ1n) is 5.66. The molecule has 0 aromatic heterocycles. The van der Waals surface area contributed by atoms with Crippen LogP contribution in [0.1, 0.15) is 22.8 Å². The molecule has 0 radical (unpaired) electrons. The van der Waals surface area contributed by atoms with Crippen molar-refractivity contribution in [1.82, 2.24) is 4.90 Å². The molecule has 1 aromatic carbocycles. The van der Waals surface area contributed by atoms with E-state index in [2.05, 4.69) is 0 Å². The summed E-state index contributed by atoms with van der Waals surface area (Å²) in [6.45, 7) is 2.95. The molecular formula is C13H18FNO3. The van der Waals surface area contributed by atoms with E-state index in [0.29, 0.717) is 18.7 Å². The quantitative estimate of drug-likeness (QED) is 0.844. The Kier molecular flexibility index (Phi) is 5.25. The lowest BCUT2D eigenvalue weighted by atomic mass is 10.1. The summed E-state index contributed by atoms with van der Waals surface area (Å²) in [7, 11) is 3.49. The Labute approximate surface area is 106 Å². The predicted molar refractivity (Wildman–Crippen MR) is 66.2 cm³/mol. The fourth-order valence-corrected chi connectivity index (χ4v) is 1.60. The SMILES string of the molecule is COCC(C)N(C)Cc1ccc(C(=O)O)cc1F. The van der Waals surface area contributed by atoms with Gasteiger partial charge in [0.1, 0.15) is 5.82 Å². The van der Waals surface area contributed by atoms with Crippen LogP contribution in [0.15, 0.2) is 18.2 Å². The second-order valence-electron chi connectivity index (χ2n) is 4.33. The molecule has 0 aliphatic rings. The van der Waals surface area contributed by atoms with Crippen LogP contribution in [0.5, 0.6) is 0 Å². The minimum Gasteiger partial charge on any atom is -0.478 e. The number of carboxylic acids is 1. The number of nitrogens with zero attached hydrogens (tertiary/aromatic N) is 1. The van der Waals surface area contributed by atoms with Crippen LogP contribution in [-0.2, 0) is 11.3 Å². The highest BCUT2D eigenvalue weighted by Crippen LogP contribution is 2.13. The predicted octanol–water partition coefficient (Wildman–Crippen LogP) is 1.99. The molecule has 0 saturated heterocycles. The summed E-state index contributed by atoms with van der Waals surface area (Å²) in [6, 6.07) is 4.13. The number of hydrogen-bond donors (Lipinski definition) is 1. The van der Waals surface area contributed by atoms with E-state index >= 15 is 0 Å². The molecule has 1 N–H and O–H groups in total. The fourth-order valence-electron chi connectivity index (χ4n) is 1.60. The molecule has 0 fully saturated rings. The lowest BCUT2D eigenvalue weighted by molar-refractivity contribution is 0.0696. The summed E-state index contributed by atoms with van der Waals surface area (Å²) >= 11 is 0. The molecule has 1 atom stereocenters. The minimum absolute atomic E-state index is 0.0381. The van der Waals surface area contributed by atoms with Crippen molar-refractivity contribution in [3.05, 3.63) is 35.1 Å². The molecule has 1 unspecified atom stereocenters. The van der Waals surface area contributed by atoms with Gasteiger partial charge in [-0.2, -0.15) is 0 Å². The number of carbonyl (C=O) groups is 1. The van der Waals surface area contributed by atoms with Gasteiger partial charge in [0.15, 0.2) is 0 Å². The second kappa shape index (κ2) is 6.47. The number of methoxy groups -OCH3 is 1. The molecule has 0 spiro atoms. The van der Waals surface area contributed by atoms with E-state index < -0.39 is 11.8 Å². The molecule has 0 heterocycles. The summed E-state index contributed by atoms with van der Waals surface area (Å²) in [4.78, 5) is 12.6. The van der Waals surface area contributed by atoms with Crippen LogP contribution in [-0.4, -0.2) is 42.8 Å². The van der Waals surface area contributed by atoms with E-state index in [1.54, 1.807) is 7.11 Å². The van der Waals surface area contributed by atoms with Gasteiger partial charge in [-0.05, 0) is 26.1 Å². The molecular weight excluding hydrogens is 237 g/mol. The van der Waals surface area contributed by atoms with Crippen molar-refractivity contribution in [2.24, 2.45) is 0 Å². The van der Waals surface area contributed by atoms with Crippen LogP contribution in [0.4, 0.5) is 4.39 Å². The lowest BCUT2D eigenvalue weighted by Crippen LogP contribution is -2.32. The van der Waals surface area contributed by atoms with Gasteiger partial charge in [-0.1, -0.05) is 6.07 Å². The van der Waals surface area contributed by atoms with Crippen LogP contribution in [0.25, 0.3) is 0 Å². The van der Waals surface area contributed by atoms with Gasteiger partial charge in [0.25, 0.3) is 0 Å². The number of aromatic carboxylic acids is 1. The van der Waals surface area contributed by atoms with Crippen molar-refractivity contribution < 1.29 is 19.0 Å². The summed E-state index contributed by atoms with van der Waals surface area (Å²) in [5, 5.41) is 8.75. The molecule has 0 bridgehead atoms. The highest BCUT2D eigenvalue weighted by molar-refractivity contribution is 5.87. The maximum Gasteiger partial charge on any atom is 0.335 e. The average Bonchev–Trinajstić information content (AvgIpc) is 2.31. The van der Waals surface area contributed by atoms with Crippen molar-refractivity contribution >= 4 is 5.97 Å². The summed E-state index contributed by atoms with van der Waals surface area (Å²) in [5.41, 5.74) is 0.439. The van der Waals surface area contributed by atoms with Gasteiger partial charge in [-0.25, -0.2) is 9.18 Å². The number of halogens is 1. The van der Waals surface area contributed by atoms with E-state index in [9.17, 15) is 9.18 Å². The van der Waals surface area contributed by atoms with Crippen LogP contribution in [0, 0.1) is 5.82 Å². The zero-order valence-electron chi connectivity index (χ0n) is 10.8. The van der Waals surface area contributed by atoms with Crippen LogP contribution in [0.2, 0.25) is 0 Å². The third-order valence-corrected chi connectivity index (χ3v) is 2.88. The van der Waals surface area contributed by atoms with Gasteiger partial charge in [0.2, 0.25) is 0 Å². The average molecular weight is 255 g/mol. The highest BCUT2D eigenvalue weighted by Gasteiger charge is 2.13. The van der Waals surface area contributed by atoms with Crippen LogP contribution in [0.3, 0.4) is 0 Å². The molecule has 0 aliphatic carbocycles. The molecule has 5 heteroatoms. The highest BCUT2D eigenvalue weighted by atomic mass is 19.1. The van der Waals surface area contributed by atoms with Gasteiger partial charge in [0, 0.05) is 25.3 Å². The standard InChI is InChI=1S/C13H18FNO3/c1-9(8-18-3)15(2)7-11-5-4-10(13(16)17)6-12(11)14/h4-6,9H,7-8H2,1-3H3,(H,16,17). The monoisotopic (exact) mass is 255 g/mol. The Hall–Kier alpha value is -1.46. The normalized spacial score (nSPS) is 12.7. The van der Waals surface area contributed by atoms with Crippen molar-refractivity contribution in [1.29, 1.82) is 0 Å². The lowest BCUT2D eigenvalue weighted by Gasteiger charge is -2.24. The first-order chi connectivity index (χ1) is 8.45. The molecule has 0 amide bonds. The van der Waals surface area contributed by atoms with E-state index in [0.717, 1.165) is 6.07 Å². The van der Waals surface area contributed by atoms with Gasteiger partial charge in [-0.3, -0.25) is 4.90 Å². The Morgan fingerprint density at radius 1 is 1.56 bits per heavy atom. The van der Waals surface area contributed by atoms with Crippen LogP contribution < -0.4 is 0 Å². The zero-order valence-corrected chi connectivity index (χ0v) is 10.8. The molecule has 1 aromatic rings. The topological polar surface area (TPSA) is 49.8 Å². The minimum atomic E-state index is -1.12. The summed E-state index contributed by atoms with van der Waals surface area (Å²) < 4.78 is 18.7. The zero-order chi connectivity index (χ0) is 13.7. The van der Waals surface area contributed by atoms with Gasteiger partial charge in [-0.15, -0.1) is 0 Å². The summed E-state index contributed by atoms with van der Waals surface area (Å²) in [6.07, 6.45) is 0. The smallest absolute Gasteiger partial charge is 0.335 e. The second-order valence-corrected chi connectivity index (χ2v) is 4.33. The van der Waals surface area contributed by atoms with E-state index in [-0.39, 0.29) is 11.6 Å². The van der Waals surface area contributed by atoms with Gasteiger partial charge in [0.05, 0.1) is 12.2 Å². The number of likely N-dealkylation sites (N-methyl/N-ethyl adjacent to an activating group) is 1. The first kappa shape index (κ1) is 14.6. The molecule has 0 aliphatic heterocycles. The maximum atomic E-state index is 13.7. The Bertz CT molecular complexity index is 423. The first-order valence-corrected chi connectivity index (χ1v) is 5.66. The number of benzene rings is 1. The number of carboxylic acid groups (broad SMARTS) is 1. The molecule has 0 saturated carbocycles. The van der Waals surface area contributed by atoms with Crippen LogP contribution >= 0.6 is 0 Å². The van der Waals surface area contributed by atoms with E-state index in [1.165, 1.54) is 12.1 Å². The molecule has 100 valence electrons. The molecule has 1 rings (SSSR count). The number of hydrogen-bond acceptors (Lipinski definition) is 3. The Balaban J connectivity index is 2.76. The third-order valence-electron chi connectivity index (χ3n) is 2.88. The van der Waals surface area contributed by atoms with Gasteiger partial charge < -0.3 is 9.84 Å². The Morgan fingerprint density at radius 3 is 2.72 bits per heavy atom. The molecule has 4 nitrogen and oxygen atoms in total. The van der Waals surface area contributed by atoms with E-state index in [4.69, 9.17) is 9.84 Å². The maximum absolute atomic E-state index is 13.7. The Morgan fingerprint density at radius 2 is 2.22 bits per heavy atom. The molecule has 18 heavy (non-hydrogen) atoms. The van der Waals surface area contributed by atoms with Gasteiger partial charge >= 0.3 is 5.97 Å². The van der Waals surface area contributed by atoms with Crippen molar-refractivity contribution in [3.8, 4) is 0 Å². The van der Waals surface area contributed by atoms with E-state index in [1.807, 2.05) is 18.9 Å².